The fourth-order valence-electron chi connectivity index (χ4n) is 1.95. The van der Waals surface area contributed by atoms with Crippen molar-refractivity contribution < 1.29 is 125 Å². The van der Waals surface area contributed by atoms with Crippen LogP contribution in [0.2, 0.25) is 7.86 Å². The standard InChI is InChI=1S/2C7H6O2S.2C2H5.2Hg.2Na/c2*8-7(9)5-3-1-2-4-6(5)10;2*1-2;;;;/h2*1-4,10H,(H,8,9);2*1H2,2H3;;;;/q;;;;4*+1/p-4. The van der Waals surface area contributed by atoms with Crippen molar-refractivity contribution in [3.05, 3.63) is 59.7 Å². The van der Waals surface area contributed by atoms with Crippen LogP contribution < -0.4 is 69.3 Å². The summed E-state index contributed by atoms with van der Waals surface area (Å²) in [5, 5.41) is 21.4. The first kappa shape index (κ1) is 32.1. The van der Waals surface area contributed by atoms with Crippen molar-refractivity contribution in [2.24, 2.45) is 0 Å². The van der Waals surface area contributed by atoms with Gasteiger partial charge in [-0.1, -0.05) is 0 Å². The Morgan fingerprint density at radius 3 is 1.36 bits per heavy atom. The van der Waals surface area contributed by atoms with Gasteiger partial charge in [-0.05, 0) is 0 Å². The molecule has 0 aliphatic heterocycles. The molecular weight excluding hydrogens is 791 g/mol. The van der Waals surface area contributed by atoms with Gasteiger partial charge in [0.05, 0.1) is 0 Å². The summed E-state index contributed by atoms with van der Waals surface area (Å²) in [6.07, 6.45) is 0. The van der Waals surface area contributed by atoms with Crippen molar-refractivity contribution in [2.75, 3.05) is 0 Å². The third-order valence-electron chi connectivity index (χ3n) is 3.14. The molecule has 4 nitrogen and oxygen atoms in total. The Hall–Kier alpha value is 1.95. The molecule has 0 spiro atoms. The summed E-state index contributed by atoms with van der Waals surface area (Å²) in [6, 6.07) is 14.2. The second-order valence-electron chi connectivity index (χ2n) is 5.26. The predicted molar refractivity (Wildman–Crippen MR) is 94.2 cm³/mol. The molecule has 0 radical (unpaired) electrons. The Balaban J connectivity index is 0. The van der Waals surface area contributed by atoms with E-state index in [9.17, 15) is 19.8 Å². The van der Waals surface area contributed by atoms with Crippen molar-refractivity contribution >= 4 is 28.4 Å². The smallest absolute Gasteiger partial charge is 1.00 e. The van der Waals surface area contributed by atoms with Gasteiger partial charge in [0.1, 0.15) is 0 Å². The van der Waals surface area contributed by atoms with E-state index in [0.29, 0.717) is 11.1 Å². The molecule has 0 heterocycles. The van der Waals surface area contributed by atoms with Crippen molar-refractivity contribution in [2.45, 2.75) is 31.5 Å². The van der Waals surface area contributed by atoms with Crippen LogP contribution >= 0.6 is 16.5 Å². The van der Waals surface area contributed by atoms with Gasteiger partial charge in [-0.3, -0.25) is 0 Å². The van der Waals surface area contributed by atoms with E-state index in [0.717, 1.165) is 9.79 Å². The summed E-state index contributed by atoms with van der Waals surface area (Å²) in [6.45, 7) is 4.33. The molecule has 2 aromatic carbocycles. The number of aromatic carboxylic acids is 2. The number of hydrogen-bond donors (Lipinski definition) is 0. The molecule has 0 bridgehead atoms. The summed E-state index contributed by atoms with van der Waals surface area (Å²) in [5.74, 6) is -2.12. The predicted octanol–water partition coefficient (Wildman–Crippen LogP) is -2.84. The maximum absolute atomic E-state index is 10.7. The van der Waals surface area contributed by atoms with E-state index in [1.165, 1.54) is 7.86 Å². The van der Waals surface area contributed by atoms with E-state index in [4.69, 9.17) is 0 Å². The number of benzene rings is 2. The summed E-state index contributed by atoms with van der Waals surface area (Å²) in [4.78, 5) is 23.2. The minimum atomic E-state index is -1.06. The molecule has 0 aromatic heterocycles. The van der Waals surface area contributed by atoms with E-state index in [2.05, 4.69) is 13.8 Å². The average molecular weight is 810 g/mol. The normalized spacial score (nSPS) is 8.64. The molecule has 0 saturated heterocycles. The number of carboxylic acids is 2. The van der Waals surface area contributed by atoms with Gasteiger partial charge in [-0.2, -0.15) is 0 Å². The quantitative estimate of drug-likeness (QED) is 0.268. The van der Waals surface area contributed by atoms with E-state index < -0.39 is 58.1 Å². The number of carboxylic acid groups (broad SMARTS) is 2. The zero-order valence-corrected chi connectivity index (χ0v) is 33.5. The zero-order valence-electron chi connectivity index (χ0n) is 16.9. The molecule has 132 valence electrons. The summed E-state index contributed by atoms with van der Waals surface area (Å²) in [7, 11) is 3.55. The van der Waals surface area contributed by atoms with Gasteiger partial charge < -0.3 is 0 Å². The number of hydrogen-bond acceptors (Lipinski definition) is 6. The third kappa shape index (κ3) is 12.7. The number of carbonyl (C=O) groups is 2. The Labute approximate surface area is 240 Å². The van der Waals surface area contributed by atoms with Gasteiger partial charge in [-0.25, -0.2) is 0 Å². The molecule has 0 fully saturated rings. The van der Waals surface area contributed by atoms with Crippen LogP contribution in [-0.2, 0) is 46.1 Å². The minimum absolute atomic E-state index is 0. The van der Waals surface area contributed by atoms with E-state index in [-0.39, 0.29) is 59.1 Å². The van der Waals surface area contributed by atoms with Gasteiger partial charge in [0, 0.05) is 0 Å². The molecule has 0 aliphatic rings. The number of rotatable bonds is 8. The van der Waals surface area contributed by atoms with Crippen molar-refractivity contribution in [3.8, 4) is 0 Å². The van der Waals surface area contributed by atoms with Crippen LogP contribution in [0.5, 0.6) is 0 Å². The van der Waals surface area contributed by atoms with Crippen molar-refractivity contribution in [3.63, 3.8) is 0 Å². The molecular formula is C18H18Hg2Na2O4S2. The molecule has 2 aromatic rings. The second kappa shape index (κ2) is 19.6. The fraction of sp³-hybridized carbons (Fsp3) is 0.222. The first-order valence-corrected chi connectivity index (χ1v) is 31.6. The minimum Gasteiger partial charge on any atom is 1.00 e. The molecule has 0 aliphatic carbocycles. The molecule has 10 heteroatoms. The van der Waals surface area contributed by atoms with E-state index in [1.807, 2.05) is 24.3 Å². The fourth-order valence-corrected chi connectivity index (χ4v) is 19.5. The van der Waals surface area contributed by atoms with Crippen LogP contribution in [0, 0.1) is 0 Å². The van der Waals surface area contributed by atoms with E-state index >= 15 is 0 Å². The van der Waals surface area contributed by atoms with Crippen molar-refractivity contribution in [1.29, 1.82) is 0 Å². The Morgan fingerprint density at radius 1 is 0.750 bits per heavy atom. The van der Waals surface area contributed by atoms with Gasteiger partial charge in [0.2, 0.25) is 0 Å². The largest absolute Gasteiger partial charge is 1.00 e. The van der Waals surface area contributed by atoms with Crippen LogP contribution in [-0.4, -0.2) is 11.9 Å². The molecule has 0 unspecified atom stereocenters. The Kier molecular flexibility index (Phi) is 22.5. The maximum atomic E-state index is 10.7. The van der Waals surface area contributed by atoms with Gasteiger partial charge >= 0.3 is 245 Å². The number of carbonyl (C=O) groups excluding carboxylic acids is 2. The van der Waals surface area contributed by atoms with Crippen LogP contribution in [0.4, 0.5) is 0 Å². The van der Waals surface area contributed by atoms with Crippen molar-refractivity contribution in [1.82, 2.24) is 0 Å². The monoisotopic (exact) mass is 812 g/mol. The molecule has 28 heavy (non-hydrogen) atoms. The third-order valence-corrected chi connectivity index (χ3v) is 27.2. The topological polar surface area (TPSA) is 80.3 Å². The van der Waals surface area contributed by atoms with Gasteiger partial charge in [0.25, 0.3) is 0 Å². The SMILES string of the molecule is C[CH2][Hg][S]c1ccccc1C(=O)[O-].C[CH2][Hg][S]c1ccccc1C(=O)[O-].[Na+].[Na+]. The van der Waals surface area contributed by atoms with Crippen LogP contribution in [0.1, 0.15) is 34.6 Å². The summed E-state index contributed by atoms with van der Waals surface area (Å²) < 4.78 is 2.51. The molecule has 2 rings (SSSR count). The van der Waals surface area contributed by atoms with Crippen LogP contribution in [0.3, 0.4) is 0 Å². The Bertz CT molecular complexity index is 675. The molecule has 0 amide bonds. The molecule has 0 N–H and O–H groups in total. The first-order chi connectivity index (χ1) is 12.5. The first-order valence-electron chi connectivity index (χ1n) is 8.37. The molecule has 0 atom stereocenters. The average Bonchev–Trinajstić information content (AvgIpc) is 2.65. The van der Waals surface area contributed by atoms with Crippen LogP contribution in [0.25, 0.3) is 0 Å². The maximum Gasteiger partial charge on any atom is 1.00 e. The summed E-state index contributed by atoms with van der Waals surface area (Å²) in [5.41, 5.74) is 0.696. The van der Waals surface area contributed by atoms with E-state index in [1.54, 1.807) is 40.7 Å². The molecule has 0 saturated carbocycles. The second-order valence-corrected chi connectivity index (χ2v) is 31.6. The van der Waals surface area contributed by atoms with Gasteiger partial charge in [0.15, 0.2) is 0 Å². The zero-order chi connectivity index (χ0) is 19.4. The van der Waals surface area contributed by atoms with Crippen LogP contribution in [0.15, 0.2) is 58.3 Å². The summed E-state index contributed by atoms with van der Waals surface area (Å²) >= 11 is -1.78. The van der Waals surface area contributed by atoms with Gasteiger partial charge in [-0.15, -0.1) is 0 Å². The Morgan fingerprint density at radius 2 is 1.07 bits per heavy atom.